The largest absolute Gasteiger partial charge is 0.246 e. The van der Waals surface area contributed by atoms with Crippen LogP contribution in [0.3, 0.4) is 0 Å². The van der Waals surface area contributed by atoms with E-state index in [1.807, 2.05) is 19.9 Å². The van der Waals surface area contributed by atoms with Gasteiger partial charge in [0.25, 0.3) is 0 Å². The Kier molecular flexibility index (Phi) is 4.23. The third kappa shape index (κ3) is 3.07. The first-order chi connectivity index (χ1) is 9.44. The molecule has 2 aromatic rings. The van der Waals surface area contributed by atoms with Crippen LogP contribution >= 0.6 is 0 Å². The molecule has 0 saturated heterocycles. The van der Waals surface area contributed by atoms with E-state index >= 15 is 0 Å². The lowest BCUT2D eigenvalue weighted by Crippen LogP contribution is -2.08. The number of hydrogen-bond acceptors (Lipinski definition) is 2. The molecule has 0 aliphatic heterocycles. The van der Waals surface area contributed by atoms with E-state index < -0.39 is 16.5 Å². The van der Waals surface area contributed by atoms with Crippen molar-refractivity contribution in [2.24, 2.45) is 0 Å². The van der Waals surface area contributed by atoms with Crippen LogP contribution < -0.4 is 0 Å². The Morgan fingerprint density at radius 2 is 1.60 bits per heavy atom. The van der Waals surface area contributed by atoms with E-state index in [-0.39, 0.29) is 16.2 Å². The minimum Gasteiger partial charge on any atom is -0.246 e. The Balaban J connectivity index is 2.47. The molecule has 0 unspecified atom stereocenters. The molecule has 0 saturated carbocycles. The summed E-state index contributed by atoms with van der Waals surface area (Å²) in [5.41, 5.74) is 2.70. The van der Waals surface area contributed by atoms with E-state index in [0.29, 0.717) is 5.56 Å². The average molecular weight is 292 g/mol. The molecule has 0 N–H and O–H groups in total. The van der Waals surface area contributed by atoms with Crippen molar-refractivity contribution in [2.75, 3.05) is 0 Å². The van der Waals surface area contributed by atoms with Gasteiger partial charge in [0.05, 0.1) is 10.6 Å². The molecule has 0 amide bonds. The SMILES string of the molecule is Cc1cc(CF)c(S(=O)(=O)Cc2ccccc2)cc1C. The molecule has 2 rings (SSSR count). The molecule has 20 heavy (non-hydrogen) atoms. The van der Waals surface area contributed by atoms with Gasteiger partial charge in [0.15, 0.2) is 9.84 Å². The van der Waals surface area contributed by atoms with Gasteiger partial charge in [-0.25, -0.2) is 12.8 Å². The van der Waals surface area contributed by atoms with Crippen molar-refractivity contribution in [3.8, 4) is 0 Å². The zero-order valence-electron chi connectivity index (χ0n) is 11.6. The van der Waals surface area contributed by atoms with E-state index in [9.17, 15) is 12.8 Å². The number of halogens is 1. The topological polar surface area (TPSA) is 34.1 Å². The van der Waals surface area contributed by atoms with Gasteiger partial charge in [-0.1, -0.05) is 36.4 Å². The molecule has 0 aliphatic rings. The zero-order valence-corrected chi connectivity index (χ0v) is 12.4. The van der Waals surface area contributed by atoms with Crippen LogP contribution in [-0.2, 0) is 22.3 Å². The summed E-state index contributed by atoms with van der Waals surface area (Å²) in [4.78, 5) is 0.104. The molecule has 2 nitrogen and oxygen atoms in total. The van der Waals surface area contributed by atoms with E-state index in [4.69, 9.17) is 0 Å². The fraction of sp³-hybridized carbons (Fsp3) is 0.250. The predicted molar refractivity (Wildman–Crippen MR) is 78.1 cm³/mol. The van der Waals surface area contributed by atoms with Crippen LogP contribution in [0, 0.1) is 13.8 Å². The highest BCUT2D eigenvalue weighted by Gasteiger charge is 2.20. The summed E-state index contributed by atoms with van der Waals surface area (Å²) in [7, 11) is -3.54. The van der Waals surface area contributed by atoms with E-state index in [2.05, 4.69) is 0 Å². The summed E-state index contributed by atoms with van der Waals surface area (Å²) in [6.07, 6.45) is 0. The van der Waals surface area contributed by atoms with Gasteiger partial charge in [0.2, 0.25) is 0 Å². The van der Waals surface area contributed by atoms with Crippen molar-refractivity contribution in [1.29, 1.82) is 0 Å². The molecule has 0 heterocycles. The van der Waals surface area contributed by atoms with Gasteiger partial charge in [-0.3, -0.25) is 0 Å². The lowest BCUT2D eigenvalue weighted by molar-refractivity contribution is 0.477. The van der Waals surface area contributed by atoms with Crippen LogP contribution in [0.2, 0.25) is 0 Å². The van der Waals surface area contributed by atoms with Crippen molar-refractivity contribution in [3.63, 3.8) is 0 Å². The number of hydrogen-bond donors (Lipinski definition) is 0. The van der Waals surface area contributed by atoms with Crippen LogP contribution in [0.15, 0.2) is 47.4 Å². The van der Waals surface area contributed by atoms with Gasteiger partial charge in [0, 0.05) is 5.56 Å². The second kappa shape index (κ2) is 5.75. The Bertz CT molecular complexity index is 707. The van der Waals surface area contributed by atoms with Crippen LogP contribution in [0.1, 0.15) is 22.3 Å². The van der Waals surface area contributed by atoms with Gasteiger partial charge in [-0.15, -0.1) is 0 Å². The number of alkyl halides is 1. The first kappa shape index (κ1) is 14.7. The molecular weight excluding hydrogens is 275 g/mol. The highest BCUT2D eigenvalue weighted by molar-refractivity contribution is 7.90. The molecular formula is C16H17FO2S. The summed E-state index contributed by atoms with van der Waals surface area (Å²) in [5, 5.41) is 0. The molecule has 0 fully saturated rings. The van der Waals surface area contributed by atoms with Crippen molar-refractivity contribution in [3.05, 3.63) is 64.7 Å². The Hall–Kier alpha value is -1.68. The zero-order chi connectivity index (χ0) is 14.8. The standard InChI is InChI=1S/C16H17FO2S/c1-12-8-15(10-17)16(9-13(12)2)20(18,19)11-14-6-4-3-5-7-14/h3-9H,10-11H2,1-2H3. The molecule has 0 atom stereocenters. The molecule has 2 aromatic carbocycles. The minimum absolute atomic E-state index is 0.104. The quantitative estimate of drug-likeness (QED) is 0.860. The van der Waals surface area contributed by atoms with Crippen LogP contribution in [0.25, 0.3) is 0 Å². The normalized spacial score (nSPS) is 11.6. The van der Waals surface area contributed by atoms with Crippen molar-refractivity contribution < 1.29 is 12.8 Å². The second-order valence-electron chi connectivity index (χ2n) is 4.92. The number of sulfone groups is 1. The average Bonchev–Trinajstić information content (AvgIpc) is 2.42. The van der Waals surface area contributed by atoms with Crippen LogP contribution in [-0.4, -0.2) is 8.42 Å². The number of aryl methyl sites for hydroxylation is 2. The van der Waals surface area contributed by atoms with E-state index in [1.54, 1.807) is 36.4 Å². The third-order valence-electron chi connectivity index (χ3n) is 3.36. The molecule has 4 heteroatoms. The fourth-order valence-electron chi connectivity index (χ4n) is 2.11. The smallest absolute Gasteiger partial charge is 0.182 e. The van der Waals surface area contributed by atoms with Crippen LogP contribution in [0.4, 0.5) is 4.39 Å². The fourth-order valence-corrected chi connectivity index (χ4v) is 3.77. The maximum Gasteiger partial charge on any atom is 0.182 e. The molecule has 106 valence electrons. The van der Waals surface area contributed by atoms with Gasteiger partial charge in [-0.05, 0) is 36.6 Å². The maximum atomic E-state index is 13.1. The molecule has 0 aromatic heterocycles. The maximum absolute atomic E-state index is 13.1. The second-order valence-corrected chi connectivity index (χ2v) is 6.88. The molecule has 0 bridgehead atoms. The van der Waals surface area contributed by atoms with Gasteiger partial charge < -0.3 is 0 Å². The Morgan fingerprint density at radius 1 is 1.00 bits per heavy atom. The Morgan fingerprint density at radius 3 is 2.20 bits per heavy atom. The molecule has 0 spiro atoms. The van der Waals surface area contributed by atoms with E-state index in [0.717, 1.165) is 11.1 Å². The molecule has 0 radical (unpaired) electrons. The first-order valence-electron chi connectivity index (χ1n) is 6.37. The highest BCUT2D eigenvalue weighted by Crippen LogP contribution is 2.25. The summed E-state index contributed by atoms with van der Waals surface area (Å²) in [5.74, 6) is -0.108. The predicted octanol–water partition coefficient (Wildman–Crippen LogP) is 3.75. The Labute approximate surface area is 119 Å². The lowest BCUT2D eigenvalue weighted by Gasteiger charge is -2.11. The van der Waals surface area contributed by atoms with Gasteiger partial charge >= 0.3 is 0 Å². The molecule has 0 aliphatic carbocycles. The minimum atomic E-state index is -3.54. The first-order valence-corrected chi connectivity index (χ1v) is 8.02. The highest BCUT2D eigenvalue weighted by atomic mass is 32.2. The number of rotatable bonds is 4. The van der Waals surface area contributed by atoms with Crippen molar-refractivity contribution >= 4 is 9.84 Å². The van der Waals surface area contributed by atoms with Crippen molar-refractivity contribution in [2.45, 2.75) is 31.2 Å². The lowest BCUT2D eigenvalue weighted by atomic mass is 10.1. The summed E-state index contributed by atoms with van der Waals surface area (Å²) < 4.78 is 38.1. The van der Waals surface area contributed by atoms with E-state index in [1.165, 1.54) is 0 Å². The summed E-state index contributed by atoms with van der Waals surface area (Å²) in [6.45, 7) is 2.91. The monoisotopic (exact) mass is 292 g/mol. The summed E-state index contributed by atoms with van der Waals surface area (Å²) in [6, 6.07) is 12.1. The number of benzene rings is 2. The van der Waals surface area contributed by atoms with Crippen LogP contribution in [0.5, 0.6) is 0 Å². The van der Waals surface area contributed by atoms with Gasteiger partial charge in [-0.2, -0.15) is 0 Å². The summed E-state index contributed by atoms with van der Waals surface area (Å²) >= 11 is 0. The van der Waals surface area contributed by atoms with Crippen molar-refractivity contribution in [1.82, 2.24) is 0 Å². The third-order valence-corrected chi connectivity index (χ3v) is 5.12. The van der Waals surface area contributed by atoms with Gasteiger partial charge in [0.1, 0.15) is 6.67 Å².